The van der Waals surface area contributed by atoms with Gasteiger partial charge in [0.1, 0.15) is 24.7 Å². The standard InChI is InChI=1S/C15H17NO3/c1-12-2-5-14(6-3-12)19-11-13-4-7-15(10-16-13)18-9-8-17/h2-7,10,17H,8-9,11H2,1H3. The quantitative estimate of drug-likeness (QED) is 0.865. The Balaban J connectivity index is 1.87. The number of aliphatic hydroxyl groups is 1. The van der Waals surface area contributed by atoms with E-state index >= 15 is 0 Å². The van der Waals surface area contributed by atoms with Crippen molar-refractivity contribution in [3.8, 4) is 11.5 Å². The molecule has 19 heavy (non-hydrogen) atoms. The van der Waals surface area contributed by atoms with Crippen molar-refractivity contribution in [2.45, 2.75) is 13.5 Å². The fraction of sp³-hybridized carbons (Fsp3) is 0.267. The molecule has 1 aromatic heterocycles. The normalized spacial score (nSPS) is 10.2. The summed E-state index contributed by atoms with van der Waals surface area (Å²) in [5.74, 6) is 1.47. The van der Waals surface area contributed by atoms with Gasteiger partial charge in [-0.1, -0.05) is 17.7 Å². The zero-order chi connectivity index (χ0) is 13.5. The molecule has 0 aliphatic heterocycles. The fourth-order valence-electron chi connectivity index (χ4n) is 1.54. The van der Waals surface area contributed by atoms with Gasteiger partial charge in [-0.05, 0) is 31.2 Å². The Labute approximate surface area is 112 Å². The lowest BCUT2D eigenvalue weighted by Gasteiger charge is -2.07. The minimum Gasteiger partial charge on any atom is -0.490 e. The number of ether oxygens (including phenoxy) is 2. The van der Waals surface area contributed by atoms with Crippen LogP contribution in [0.4, 0.5) is 0 Å². The third-order valence-corrected chi connectivity index (χ3v) is 2.57. The van der Waals surface area contributed by atoms with Crippen LogP contribution in [0.5, 0.6) is 11.5 Å². The van der Waals surface area contributed by atoms with E-state index in [2.05, 4.69) is 4.98 Å². The number of hydrogen-bond acceptors (Lipinski definition) is 4. The number of hydrogen-bond donors (Lipinski definition) is 1. The van der Waals surface area contributed by atoms with Gasteiger partial charge in [-0.25, -0.2) is 0 Å². The van der Waals surface area contributed by atoms with Gasteiger partial charge in [-0.2, -0.15) is 0 Å². The maximum atomic E-state index is 8.65. The van der Waals surface area contributed by atoms with E-state index in [9.17, 15) is 0 Å². The highest BCUT2D eigenvalue weighted by molar-refractivity contribution is 5.26. The van der Waals surface area contributed by atoms with E-state index < -0.39 is 0 Å². The third-order valence-electron chi connectivity index (χ3n) is 2.57. The van der Waals surface area contributed by atoms with E-state index in [4.69, 9.17) is 14.6 Å². The second kappa shape index (κ2) is 6.75. The topological polar surface area (TPSA) is 51.6 Å². The maximum Gasteiger partial charge on any atom is 0.137 e. The SMILES string of the molecule is Cc1ccc(OCc2ccc(OCCO)cn2)cc1. The molecule has 0 saturated heterocycles. The second-order valence-electron chi connectivity index (χ2n) is 4.16. The van der Waals surface area contributed by atoms with Crippen molar-refractivity contribution >= 4 is 0 Å². The highest BCUT2D eigenvalue weighted by Crippen LogP contribution is 2.14. The molecular weight excluding hydrogens is 242 g/mol. The molecule has 0 unspecified atom stereocenters. The molecule has 0 aliphatic carbocycles. The Morgan fingerprint density at radius 1 is 1.00 bits per heavy atom. The Hall–Kier alpha value is -2.07. The zero-order valence-electron chi connectivity index (χ0n) is 10.9. The summed E-state index contributed by atoms with van der Waals surface area (Å²) >= 11 is 0. The predicted octanol–water partition coefficient (Wildman–Crippen LogP) is 2.34. The van der Waals surface area contributed by atoms with Gasteiger partial charge in [0.25, 0.3) is 0 Å². The average molecular weight is 259 g/mol. The molecule has 0 radical (unpaired) electrons. The van der Waals surface area contributed by atoms with Gasteiger partial charge in [0.05, 0.1) is 18.5 Å². The molecule has 2 rings (SSSR count). The van der Waals surface area contributed by atoms with Crippen LogP contribution in [0.15, 0.2) is 42.6 Å². The zero-order valence-corrected chi connectivity index (χ0v) is 10.9. The first-order valence-electron chi connectivity index (χ1n) is 6.16. The molecule has 100 valence electrons. The molecule has 0 saturated carbocycles. The number of benzene rings is 1. The Morgan fingerprint density at radius 3 is 2.37 bits per heavy atom. The largest absolute Gasteiger partial charge is 0.490 e. The maximum absolute atomic E-state index is 8.65. The van der Waals surface area contributed by atoms with E-state index in [0.29, 0.717) is 12.4 Å². The van der Waals surface area contributed by atoms with E-state index in [1.54, 1.807) is 6.20 Å². The van der Waals surface area contributed by atoms with Crippen LogP contribution >= 0.6 is 0 Å². The molecule has 1 aromatic carbocycles. The van der Waals surface area contributed by atoms with Gasteiger partial charge in [-0.3, -0.25) is 4.98 Å². The molecule has 4 heteroatoms. The summed E-state index contributed by atoms with van der Waals surface area (Å²) in [5, 5.41) is 8.65. The lowest BCUT2D eigenvalue weighted by molar-refractivity contribution is 0.200. The molecule has 4 nitrogen and oxygen atoms in total. The molecule has 2 aromatic rings. The van der Waals surface area contributed by atoms with Gasteiger partial charge in [0, 0.05) is 0 Å². The van der Waals surface area contributed by atoms with Crippen molar-refractivity contribution in [1.82, 2.24) is 4.98 Å². The van der Waals surface area contributed by atoms with Crippen LogP contribution in [0.1, 0.15) is 11.3 Å². The highest BCUT2D eigenvalue weighted by Gasteiger charge is 1.99. The van der Waals surface area contributed by atoms with Crippen LogP contribution < -0.4 is 9.47 Å². The van der Waals surface area contributed by atoms with Crippen LogP contribution in [-0.2, 0) is 6.61 Å². The number of nitrogens with zero attached hydrogens (tertiary/aromatic N) is 1. The van der Waals surface area contributed by atoms with Crippen molar-refractivity contribution in [3.63, 3.8) is 0 Å². The number of aromatic nitrogens is 1. The van der Waals surface area contributed by atoms with Gasteiger partial charge in [0.2, 0.25) is 0 Å². The molecule has 0 spiro atoms. The molecule has 0 amide bonds. The molecule has 1 N–H and O–H groups in total. The van der Waals surface area contributed by atoms with Crippen molar-refractivity contribution in [1.29, 1.82) is 0 Å². The van der Waals surface area contributed by atoms with Crippen LogP contribution in [0, 0.1) is 6.92 Å². The van der Waals surface area contributed by atoms with Gasteiger partial charge in [0.15, 0.2) is 0 Å². The fourth-order valence-corrected chi connectivity index (χ4v) is 1.54. The Kier molecular flexibility index (Phi) is 4.75. The van der Waals surface area contributed by atoms with E-state index in [0.717, 1.165) is 11.4 Å². The van der Waals surface area contributed by atoms with Gasteiger partial charge in [-0.15, -0.1) is 0 Å². The Morgan fingerprint density at radius 2 is 1.74 bits per heavy atom. The van der Waals surface area contributed by atoms with Crippen LogP contribution in [0.3, 0.4) is 0 Å². The minimum absolute atomic E-state index is 0.00170. The molecular formula is C15H17NO3. The minimum atomic E-state index is -0.00170. The number of pyridine rings is 1. The monoisotopic (exact) mass is 259 g/mol. The highest BCUT2D eigenvalue weighted by atomic mass is 16.5. The van der Waals surface area contributed by atoms with Crippen LogP contribution in [0.25, 0.3) is 0 Å². The molecule has 0 aliphatic rings. The lowest BCUT2D eigenvalue weighted by atomic mass is 10.2. The summed E-state index contributed by atoms with van der Waals surface area (Å²) in [6, 6.07) is 11.6. The lowest BCUT2D eigenvalue weighted by Crippen LogP contribution is -2.03. The van der Waals surface area contributed by atoms with Crippen molar-refractivity contribution in [2.75, 3.05) is 13.2 Å². The van der Waals surface area contributed by atoms with Gasteiger partial charge < -0.3 is 14.6 Å². The summed E-state index contributed by atoms with van der Waals surface area (Å²) < 4.78 is 10.9. The van der Waals surface area contributed by atoms with Crippen molar-refractivity contribution < 1.29 is 14.6 Å². The van der Waals surface area contributed by atoms with Crippen molar-refractivity contribution in [2.24, 2.45) is 0 Å². The number of aliphatic hydroxyl groups excluding tert-OH is 1. The van der Waals surface area contributed by atoms with Crippen molar-refractivity contribution in [3.05, 3.63) is 53.9 Å². The van der Waals surface area contributed by atoms with Crippen LogP contribution in [0.2, 0.25) is 0 Å². The summed E-state index contributed by atoms with van der Waals surface area (Å²) in [6.07, 6.45) is 1.63. The molecule has 1 heterocycles. The summed E-state index contributed by atoms with van der Waals surface area (Å²) in [6.45, 7) is 2.74. The summed E-state index contributed by atoms with van der Waals surface area (Å²) in [5.41, 5.74) is 2.03. The molecule has 0 fully saturated rings. The third kappa shape index (κ3) is 4.26. The average Bonchev–Trinajstić information content (AvgIpc) is 2.46. The first-order chi connectivity index (χ1) is 9.28. The number of rotatable bonds is 6. The number of aryl methyl sites for hydroxylation is 1. The van der Waals surface area contributed by atoms with E-state index in [1.165, 1.54) is 5.56 Å². The second-order valence-corrected chi connectivity index (χ2v) is 4.16. The van der Waals surface area contributed by atoms with Crippen LogP contribution in [-0.4, -0.2) is 23.3 Å². The first kappa shape index (κ1) is 13.4. The van der Waals surface area contributed by atoms with E-state index in [1.807, 2.05) is 43.3 Å². The summed E-state index contributed by atoms with van der Waals surface area (Å²) in [4.78, 5) is 4.23. The smallest absolute Gasteiger partial charge is 0.137 e. The summed E-state index contributed by atoms with van der Waals surface area (Å²) in [7, 11) is 0. The molecule has 0 atom stereocenters. The van der Waals surface area contributed by atoms with E-state index in [-0.39, 0.29) is 13.2 Å². The first-order valence-corrected chi connectivity index (χ1v) is 6.16. The van der Waals surface area contributed by atoms with Gasteiger partial charge >= 0.3 is 0 Å². The Bertz CT molecular complexity index is 494. The predicted molar refractivity (Wildman–Crippen MR) is 72.3 cm³/mol. The molecule has 0 bridgehead atoms.